The highest BCUT2D eigenvalue weighted by molar-refractivity contribution is 6.25. The number of rotatable bonds is 14. The lowest BCUT2D eigenvalue weighted by Gasteiger charge is -2.34. The summed E-state index contributed by atoms with van der Waals surface area (Å²) >= 11 is 0. The summed E-state index contributed by atoms with van der Waals surface area (Å²) in [6, 6.07) is 23.1. The fourth-order valence-electron chi connectivity index (χ4n) is 8.26. The topological polar surface area (TPSA) is 210 Å². The predicted molar refractivity (Wildman–Crippen MR) is 241 cm³/mol. The van der Waals surface area contributed by atoms with Crippen LogP contribution in [0.3, 0.4) is 0 Å². The second kappa shape index (κ2) is 20.6. The number of amides is 6. The molecule has 0 aliphatic carbocycles. The fourth-order valence-corrected chi connectivity index (χ4v) is 8.26. The Morgan fingerprint density at radius 1 is 0.875 bits per heavy atom. The van der Waals surface area contributed by atoms with E-state index < -0.39 is 29.7 Å². The lowest BCUT2D eigenvalue weighted by molar-refractivity contribution is -0.138. The zero-order valence-electron chi connectivity index (χ0n) is 36.4. The molecule has 1 aromatic heterocycles. The minimum atomic E-state index is -0.961. The third-order valence-electron chi connectivity index (χ3n) is 12.0. The number of imide groups is 2. The van der Waals surface area contributed by atoms with Crippen molar-refractivity contribution in [3.63, 3.8) is 0 Å². The van der Waals surface area contributed by atoms with E-state index in [1.807, 2.05) is 49.5 Å². The van der Waals surface area contributed by atoms with Crippen molar-refractivity contribution in [2.24, 2.45) is 22.7 Å². The van der Waals surface area contributed by atoms with Crippen LogP contribution in [-0.4, -0.2) is 99.9 Å². The number of fused-ring (bicyclic) bond motifs is 1. The zero-order chi connectivity index (χ0) is 45.3. The molecule has 2 fully saturated rings. The van der Waals surface area contributed by atoms with E-state index in [0.717, 1.165) is 72.7 Å². The van der Waals surface area contributed by atoms with E-state index >= 15 is 0 Å². The Morgan fingerprint density at radius 2 is 1.62 bits per heavy atom. The summed E-state index contributed by atoms with van der Waals surface area (Å²) < 4.78 is 5.80. The lowest BCUT2D eigenvalue weighted by Crippen LogP contribution is -2.54. The number of primary amides is 1. The van der Waals surface area contributed by atoms with E-state index in [2.05, 4.69) is 56.6 Å². The van der Waals surface area contributed by atoms with Crippen LogP contribution in [0.15, 0.2) is 90.3 Å². The van der Waals surface area contributed by atoms with Crippen LogP contribution in [0.2, 0.25) is 0 Å². The number of aromatic nitrogens is 2. The van der Waals surface area contributed by atoms with Gasteiger partial charge < -0.3 is 20.7 Å². The Bertz CT molecular complexity index is 2380. The maximum absolute atomic E-state index is 13.3. The van der Waals surface area contributed by atoms with Gasteiger partial charge in [0.15, 0.2) is 0 Å². The zero-order valence-corrected chi connectivity index (χ0v) is 36.4. The van der Waals surface area contributed by atoms with Crippen LogP contribution in [0.1, 0.15) is 108 Å². The molecular weight excluding hydrogens is 815 g/mol. The molecule has 4 aliphatic heterocycles. The van der Waals surface area contributed by atoms with Gasteiger partial charge in [-0.3, -0.25) is 39.0 Å². The highest BCUT2D eigenvalue weighted by atomic mass is 16.5. The number of nitrogens with one attached hydrogen (secondary N) is 2. The van der Waals surface area contributed by atoms with Crippen LogP contribution in [0, 0.1) is 11.8 Å². The van der Waals surface area contributed by atoms with E-state index in [1.54, 1.807) is 41.7 Å². The van der Waals surface area contributed by atoms with E-state index in [-0.39, 0.29) is 53.8 Å². The molecular formula is C48H55N9O7. The first-order valence-corrected chi connectivity index (χ1v) is 22.0. The smallest absolute Gasteiger partial charge is 0.264 e. The highest BCUT2D eigenvalue weighted by Crippen LogP contribution is 2.34. The Kier molecular flexibility index (Phi) is 14.5. The summed E-state index contributed by atoms with van der Waals surface area (Å²) in [5.41, 5.74) is 9.68. The largest absolute Gasteiger partial charge is 0.384 e. The quantitative estimate of drug-likeness (QED) is 0.130. The molecule has 6 amide bonds. The van der Waals surface area contributed by atoms with Crippen molar-refractivity contribution < 1.29 is 33.5 Å². The van der Waals surface area contributed by atoms with Gasteiger partial charge in [0.05, 0.1) is 29.0 Å². The average molecular weight is 870 g/mol. The Labute approximate surface area is 372 Å². The molecule has 16 nitrogen and oxygen atoms in total. The van der Waals surface area contributed by atoms with Crippen LogP contribution >= 0.6 is 0 Å². The van der Waals surface area contributed by atoms with Crippen LogP contribution < -0.4 is 21.3 Å². The Hall–Kier alpha value is -6.81. The molecule has 16 heteroatoms. The standard InChI is InChI=1S/C26H26N6O2.C22H29N3O5/c27-25(33)20-8-6-18(7-9-20)22-16-24(29-17-28-22)31-14-11-21(12-15-31)26(34)32-23(10-13-30-32)19-4-2-1-3-5-19;1-13(2)10-12-30-14(3)9-11-23-16-6-4-5-15-19(16)22(29)25(21(15)28)17-7-8-18(26)24-20(17)27/h1-9,13,16-17,21,23H,10-12,14-15H2,(H2,27,33);4-6,13-14,17,23H,7-12H2,1-3H3,(H,24,26,27). The molecule has 4 N–H and O–H groups in total. The van der Waals surface area contributed by atoms with Gasteiger partial charge >= 0.3 is 0 Å². The fraction of sp³-hybridized carbons (Fsp3) is 0.396. The van der Waals surface area contributed by atoms with Crippen molar-refractivity contribution in [3.05, 3.63) is 107 Å². The average Bonchev–Trinajstić information content (AvgIpc) is 3.89. The molecule has 8 rings (SSSR count). The first-order chi connectivity index (χ1) is 30.9. The summed E-state index contributed by atoms with van der Waals surface area (Å²) in [5, 5.41) is 11.5. The lowest BCUT2D eigenvalue weighted by atomic mass is 9.94. The van der Waals surface area contributed by atoms with Gasteiger partial charge in [0, 0.05) is 74.1 Å². The Balaban J connectivity index is 0.000000193. The SMILES string of the molecule is CC(C)CCOC(C)CCNc1cccc2c1C(=O)N(C1CCC(=O)NC1=O)C2=O.NC(=O)c1ccc(-c2cc(N3CCC(C(=O)N4N=CCC4c4ccccc4)CC3)ncn2)cc1. The number of hydrogen-bond donors (Lipinski definition) is 3. The van der Waals surface area contributed by atoms with E-state index in [0.29, 0.717) is 30.3 Å². The molecule has 0 saturated carbocycles. The molecule has 2 saturated heterocycles. The van der Waals surface area contributed by atoms with Gasteiger partial charge in [0.25, 0.3) is 11.8 Å². The molecule has 3 atom stereocenters. The second-order valence-corrected chi connectivity index (χ2v) is 16.9. The van der Waals surface area contributed by atoms with Crippen molar-refractivity contribution in [1.29, 1.82) is 0 Å². The number of nitrogens with zero attached hydrogens (tertiary/aromatic N) is 6. The maximum Gasteiger partial charge on any atom is 0.264 e. The molecule has 5 heterocycles. The van der Waals surface area contributed by atoms with Crippen molar-refractivity contribution in [1.82, 2.24) is 25.2 Å². The first-order valence-electron chi connectivity index (χ1n) is 22.0. The minimum Gasteiger partial charge on any atom is -0.384 e. The van der Waals surface area contributed by atoms with Crippen LogP contribution in [0.4, 0.5) is 11.5 Å². The number of hydrazone groups is 1. The summed E-state index contributed by atoms with van der Waals surface area (Å²) in [6.45, 7) is 9.09. The number of nitrogens with two attached hydrogens (primary N) is 1. The molecule has 64 heavy (non-hydrogen) atoms. The van der Waals surface area contributed by atoms with Crippen molar-refractivity contribution in [2.45, 2.75) is 83.9 Å². The van der Waals surface area contributed by atoms with Crippen LogP contribution in [0.5, 0.6) is 0 Å². The van der Waals surface area contributed by atoms with Crippen molar-refractivity contribution in [2.75, 3.05) is 36.5 Å². The van der Waals surface area contributed by atoms with E-state index in [1.165, 1.54) is 0 Å². The number of benzene rings is 3. The molecule has 3 aromatic carbocycles. The van der Waals surface area contributed by atoms with Gasteiger partial charge in [-0.05, 0) is 74.8 Å². The number of anilines is 2. The van der Waals surface area contributed by atoms with E-state index in [4.69, 9.17) is 10.5 Å². The molecule has 334 valence electrons. The van der Waals surface area contributed by atoms with Gasteiger partial charge in [0.1, 0.15) is 18.2 Å². The van der Waals surface area contributed by atoms with Gasteiger partial charge in [0.2, 0.25) is 23.6 Å². The minimum absolute atomic E-state index is 0.0166. The molecule has 3 unspecified atom stereocenters. The molecule has 0 radical (unpaired) electrons. The van der Waals surface area contributed by atoms with Gasteiger partial charge in [-0.1, -0.05) is 62.4 Å². The number of carbonyl (C=O) groups is 6. The molecule has 0 bridgehead atoms. The normalized spacial score (nSPS) is 19.0. The number of ether oxygens (including phenoxy) is 1. The van der Waals surface area contributed by atoms with Crippen molar-refractivity contribution >= 4 is 53.2 Å². The van der Waals surface area contributed by atoms with Gasteiger partial charge in [-0.2, -0.15) is 5.10 Å². The highest BCUT2D eigenvalue weighted by Gasteiger charge is 2.45. The third kappa shape index (κ3) is 10.5. The monoisotopic (exact) mass is 869 g/mol. The molecule has 4 aromatic rings. The predicted octanol–water partition coefficient (Wildman–Crippen LogP) is 5.76. The summed E-state index contributed by atoms with van der Waals surface area (Å²) in [5.74, 6) is -0.994. The van der Waals surface area contributed by atoms with Crippen molar-refractivity contribution in [3.8, 4) is 11.3 Å². The maximum atomic E-state index is 13.3. The van der Waals surface area contributed by atoms with Gasteiger partial charge in [-0.15, -0.1) is 0 Å². The van der Waals surface area contributed by atoms with Crippen LogP contribution in [0.25, 0.3) is 11.3 Å². The summed E-state index contributed by atoms with van der Waals surface area (Å²) in [4.78, 5) is 86.0. The summed E-state index contributed by atoms with van der Waals surface area (Å²) in [7, 11) is 0. The third-order valence-corrected chi connectivity index (χ3v) is 12.0. The number of carbonyl (C=O) groups excluding carboxylic acids is 6. The number of piperidine rings is 2. The van der Waals surface area contributed by atoms with E-state index in [9.17, 15) is 28.8 Å². The molecule has 0 spiro atoms. The summed E-state index contributed by atoms with van der Waals surface area (Å²) in [6.07, 6.45) is 7.71. The first kappa shape index (κ1) is 45.2. The van der Waals surface area contributed by atoms with Crippen LogP contribution in [-0.2, 0) is 19.1 Å². The molecule has 4 aliphatic rings. The second-order valence-electron chi connectivity index (χ2n) is 16.9. The van der Waals surface area contributed by atoms with Gasteiger partial charge in [-0.25, -0.2) is 15.0 Å². The number of hydrogen-bond acceptors (Lipinski definition) is 12. The Morgan fingerprint density at radius 3 is 2.33 bits per heavy atom.